The molecule has 0 aliphatic carbocycles. The number of anilines is 2. The molecule has 3 aromatic rings. The van der Waals surface area contributed by atoms with E-state index in [2.05, 4.69) is 21.6 Å². The van der Waals surface area contributed by atoms with Crippen molar-refractivity contribution in [2.24, 2.45) is 4.99 Å². The van der Waals surface area contributed by atoms with Crippen molar-refractivity contribution in [3.63, 3.8) is 0 Å². The van der Waals surface area contributed by atoms with Crippen LogP contribution in [0.5, 0.6) is 0 Å². The first kappa shape index (κ1) is 19.2. The molecule has 0 spiro atoms. The summed E-state index contributed by atoms with van der Waals surface area (Å²) in [5, 5.41) is 9.24. The highest BCUT2D eigenvalue weighted by Gasteiger charge is 2.28. The number of hydrogen-bond acceptors (Lipinski definition) is 6. The first-order chi connectivity index (χ1) is 14.7. The van der Waals surface area contributed by atoms with Crippen LogP contribution in [-0.4, -0.2) is 41.4 Å². The molecule has 1 saturated heterocycles. The Morgan fingerprint density at radius 2 is 2.00 bits per heavy atom. The average molecular weight is 422 g/mol. The highest BCUT2D eigenvalue weighted by Crippen LogP contribution is 2.37. The fourth-order valence-electron chi connectivity index (χ4n) is 4.05. The van der Waals surface area contributed by atoms with Crippen LogP contribution < -0.4 is 10.6 Å². The third-order valence-corrected chi connectivity index (χ3v) is 6.46. The zero-order valence-electron chi connectivity index (χ0n) is 16.9. The largest absolute Gasteiger partial charge is 0.352 e. The fraction of sp³-hybridized carbons (Fsp3) is 0.304. The van der Waals surface area contributed by atoms with E-state index < -0.39 is 0 Å². The van der Waals surface area contributed by atoms with Gasteiger partial charge in [0.15, 0.2) is 5.84 Å². The molecule has 1 fully saturated rings. The van der Waals surface area contributed by atoms with Crippen molar-refractivity contribution >= 4 is 33.5 Å². The van der Waals surface area contributed by atoms with Gasteiger partial charge in [0.05, 0.1) is 16.4 Å². The molecule has 0 radical (unpaired) electrons. The molecule has 0 saturated carbocycles. The Hall–Kier alpha value is -2.77. The number of nitrogens with zero attached hydrogens (tertiary/aromatic N) is 3. The molecule has 1 unspecified atom stereocenters. The van der Waals surface area contributed by atoms with Crippen LogP contribution in [-0.2, 0) is 6.42 Å². The molecular formula is C23H24FN5S. The monoisotopic (exact) mass is 421 g/mol. The molecule has 2 aliphatic rings. The molecule has 7 heteroatoms. The third kappa shape index (κ3) is 3.95. The Kier molecular flexibility index (Phi) is 5.23. The lowest BCUT2D eigenvalue weighted by molar-refractivity contribution is 0.282. The van der Waals surface area contributed by atoms with Gasteiger partial charge < -0.3 is 15.5 Å². The van der Waals surface area contributed by atoms with Gasteiger partial charge >= 0.3 is 0 Å². The summed E-state index contributed by atoms with van der Waals surface area (Å²) in [5.74, 6) is 0.760. The van der Waals surface area contributed by atoms with Gasteiger partial charge in [-0.05, 0) is 49.6 Å². The average Bonchev–Trinajstić information content (AvgIpc) is 3.05. The van der Waals surface area contributed by atoms with E-state index in [4.69, 9.17) is 9.98 Å². The molecule has 2 N–H and O–H groups in total. The fourth-order valence-corrected chi connectivity index (χ4v) is 4.88. The lowest BCUT2D eigenvalue weighted by atomic mass is 10.0. The van der Waals surface area contributed by atoms with Crippen LogP contribution in [0.2, 0.25) is 0 Å². The van der Waals surface area contributed by atoms with Crippen LogP contribution in [0, 0.1) is 12.7 Å². The Morgan fingerprint density at radius 3 is 2.87 bits per heavy atom. The van der Waals surface area contributed by atoms with Crippen LogP contribution in [0.1, 0.15) is 22.7 Å². The number of amidine groups is 1. The first-order valence-electron chi connectivity index (χ1n) is 10.3. The molecule has 0 amide bonds. The maximum Gasteiger partial charge on any atom is 0.158 e. The Labute approximate surface area is 179 Å². The summed E-state index contributed by atoms with van der Waals surface area (Å²) < 4.78 is 13.2. The minimum atomic E-state index is -0.185. The number of piperazine rings is 1. The van der Waals surface area contributed by atoms with Crippen molar-refractivity contribution in [1.29, 1.82) is 0 Å². The number of hydrogen-bond donors (Lipinski definition) is 2. The Bertz CT molecular complexity index is 1080. The number of benzene rings is 2. The molecule has 3 heterocycles. The summed E-state index contributed by atoms with van der Waals surface area (Å²) in [6.45, 7) is 4.70. The molecule has 5 rings (SSSR count). The number of para-hydroxylation sites is 2. The van der Waals surface area contributed by atoms with Gasteiger partial charge in [-0.15, -0.1) is 11.3 Å². The van der Waals surface area contributed by atoms with E-state index in [1.54, 1.807) is 11.3 Å². The number of thiazole rings is 1. The van der Waals surface area contributed by atoms with Crippen molar-refractivity contribution in [2.45, 2.75) is 25.8 Å². The number of rotatable bonds is 3. The van der Waals surface area contributed by atoms with E-state index in [1.165, 1.54) is 12.1 Å². The van der Waals surface area contributed by atoms with Gasteiger partial charge in [0, 0.05) is 25.7 Å². The van der Waals surface area contributed by atoms with Gasteiger partial charge in [0.1, 0.15) is 16.5 Å². The lowest BCUT2D eigenvalue weighted by Gasteiger charge is -2.35. The van der Waals surface area contributed by atoms with Crippen LogP contribution >= 0.6 is 11.3 Å². The van der Waals surface area contributed by atoms with E-state index in [9.17, 15) is 4.39 Å². The highest BCUT2D eigenvalue weighted by molar-refractivity contribution is 7.16. The molecule has 2 aliphatic heterocycles. The van der Waals surface area contributed by atoms with Gasteiger partial charge in [-0.3, -0.25) is 0 Å². The Balaban J connectivity index is 1.38. The number of nitrogens with one attached hydrogen (secondary N) is 2. The molecule has 1 aromatic heterocycles. The second-order valence-electron chi connectivity index (χ2n) is 7.75. The lowest BCUT2D eigenvalue weighted by Crippen LogP contribution is -2.53. The van der Waals surface area contributed by atoms with Gasteiger partial charge in [0.2, 0.25) is 0 Å². The van der Waals surface area contributed by atoms with Crippen molar-refractivity contribution in [3.05, 3.63) is 70.6 Å². The molecule has 2 aromatic carbocycles. The molecule has 1 atom stereocenters. The zero-order chi connectivity index (χ0) is 20.5. The number of halogens is 1. The van der Waals surface area contributed by atoms with E-state index in [-0.39, 0.29) is 5.82 Å². The van der Waals surface area contributed by atoms with E-state index in [1.807, 2.05) is 37.3 Å². The first-order valence-corrected chi connectivity index (χ1v) is 11.1. The molecule has 154 valence electrons. The van der Waals surface area contributed by atoms with Crippen molar-refractivity contribution in [1.82, 2.24) is 15.2 Å². The smallest absolute Gasteiger partial charge is 0.158 e. The van der Waals surface area contributed by atoms with Gasteiger partial charge in [-0.25, -0.2) is 14.4 Å². The zero-order valence-corrected chi connectivity index (χ0v) is 17.7. The van der Waals surface area contributed by atoms with Gasteiger partial charge in [-0.1, -0.05) is 24.3 Å². The standard InChI is InChI=1S/C23H24FN5S/c1-15-26-21-22(27-19-4-2-3-5-20(19)28-23(21)30-15)29-13-12-25-18(14-29)11-8-16-6-9-17(24)10-7-16/h2-7,9-10,18,25,28H,8,11-14H2,1H3. The number of aliphatic imine (C=N–C) groups is 1. The van der Waals surface area contributed by atoms with Gasteiger partial charge in [0.25, 0.3) is 0 Å². The van der Waals surface area contributed by atoms with Crippen LogP contribution in [0.4, 0.5) is 20.8 Å². The molecule has 0 bridgehead atoms. The predicted octanol–water partition coefficient (Wildman–Crippen LogP) is 4.63. The second kappa shape index (κ2) is 8.16. The summed E-state index contributed by atoms with van der Waals surface area (Å²) in [6, 6.07) is 15.3. The van der Waals surface area contributed by atoms with Crippen molar-refractivity contribution < 1.29 is 4.39 Å². The van der Waals surface area contributed by atoms with E-state index in [0.29, 0.717) is 6.04 Å². The van der Waals surface area contributed by atoms with Crippen LogP contribution in [0.3, 0.4) is 0 Å². The Morgan fingerprint density at radius 1 is 1.17 bits per heavy atom. The maximum absolute atomic E-state index is 13.2. The van der Waals surface area contributed by atoms with Crippen LogP contribution in [0.15, 0.2) is 53.5 Å². The van der Waals surface area contributed by atoms with Crippen molar-refractivity contribution in [2.75, 3.05) is 25.0 Å². The summed E-state index contributed by atoms with van der Waals surface area (Å²) in [6.07, 6.45) is 1.91. The molecule has 5 nitrogen and oxygen atoms in total. The van der Waals surface area contributed by atoms with Gasteiger partial charge in [-0.2, -0.15) is 0 Å². The molecule has 30 heavy (non-hydrogen) atoms. The normalized spacial score (nSPS) is 18.1. The number of aryl methyl sites for hydroxylation is 2. The summed E-state index contributed by atoms with van der Waals surface area (Å²) in [5.41, 5.74) is 4.06. The SMILES string of the molecule is Cc1nc2c(s1)Nc1ccccc1N=C2N1CCNC(CCc2ccc(F)cc2)C1. The number of fused-ring (bicyclic) bond motifs is 2. The topological polar surface area (TPSA) is 52.6 Å². The summed E-state index contributed by atoms with van der Waals surface area (Å²) >= 11 is 1.67. The third-order valence-electron chi connectivity index (χ3n) is 5.57. The summed E-state index contributed by atoms with van der Waals surface area (Å²) in [7, 11) is 0. The second-order valence-corrected chi connectivity index (χ2v) is 8.95. The number of aromatic nitrogens is 1. The molecular weight excluding hydrogens is 397 g/mol. The van der Waals surface area contributed by atoms with Crippen molar-refractivity contribution in [3.8, 4) is 0 Å². The maximum atomic E-state index is 13.2. The van der Waals surface area contributed by atoms with Crippen LogP contribution in [0.25, 0.3) is 0 Å². The summed E-state index contributed by atoms with van der Waals surface area (Å²) in [4.78, 5) is 12.2. The quantitative estimate of drug-likeness (QED) is 0.647. The predicted molar refractivity (Wildman–Crippen MR) is 121 cm³/mol. The highest BCUT2D eigenvalue weighted by atomic mass is 32.1. The minimum absolute atomic E-state index is 0.185. The minimum Gasteiger partial charge on any atom is -0.352 e. The van der Waals surface area contributed by atoms with E-state index >= 15 is 0 Å². The van der Waals surface area contributed by atoms with E-state index in [0.717, 1.165) is 71.0 Å².